The second-order valence-corrected chi connectivity index (χ2v) is 17.0. The molecule has 0 N–H and O–H groups in total. The van der Waals surface area contributed by atoms with E-state index in [4.69, 9.17) is 54.2 Å². The normalized spacial score (nSPS) is 26.6. The van der Waals surface area contributed by atoms with Gasteiger partial charge in [-0.25, -0.2) is 4.79 Å². The summed E-state index contributed by atoms with van der Waals surface area (Å²) in [5, 5.41) is 0. The summed E-state index contributed by atoms with van der Waals surface area (Å²) in [6.45, 7) is 0.264. The molecule has 0 saturated carbocycles. The third-order valence-electron chi connectivity index (χ3n) is 12.4. The lowest BCUT2D eigenvalue weighted by molar-refractivity contribution is -0.341. The zero-order valence-electron chi connectivity index (χ0n) is 37.2. The molecule has 9 rings (SSSR count). The molecular weight excluding hydrogens is 896 g/mol. The number of rotatable bonds is 19. The Labute approximate surface area is 398 Å². The Balaban J connectivity index is 1.12. The monoisotopic (exact) mass is 946 g/mol. The van der Waals surface area contributed by atoms with Gasteiger partial charge in [0.25, 0.3) is 11.8 Å². The molecule has 0 radical (unpaired) electrons. The number of hydrogen-bond donors (Lipinski definition) is 0. The molecule has 10 atom stereocenters. The maximum absolute atomic E-state index is 14.4. The molecule has 4 aliphatic rings. The van der Waals surface area contributed by atoms with E-state index in [1.165, 1.54) is 12.0 Å². The first-order valence-electron chi connectivity index (χ1n) is 22.4. The smallest absolute Gasteiger partial charge is 0.411 e. The Bertz CT molecular complexity index is 2450. The van der Waals surface area contributed by atoms with Gasteiger partial charge in [-0.05, 0) is 34.4 Å². The Hall–Kier alpha value is -6.01. The highest BCUT2D eigenvalue weighted by molar-refractivity contribution is 6.26. The highest BCUT2D eigenvalue weighted by atomic mass is 35.5. The molecule has 68 heavy (non-hydrogen) atoms. The Morgan fingerprint density at radius 2 is 1.07 bits per heavy atom. The largest absolute Gasteiger partial charge is 0.455 e. The highest BCUT2D eigenvalue weighted by Crippen LogP contribution is 2.41. The molecule has 354 valence electrons. The first-order chi connectivity index (χ1) is 33.3. The number of alkyl halides is 1. The number of nitrogens with zero attached hydrogens (tertiary/aromatic N) is 2. The number of amides is 3. The molecular formula is C52H51ClN2O13. The van der Waals surface area contributed by atoms with Crippen LogP contribution in [-0.2, 0) is 73.8 Å². The molecule has 0 unspecified atom stereocenters. The van der Waals surface area contributed by atoms with E-state index in [1.807, 2.05) is 121 Å². The van der Waals surface area contributed by atoms with Crippen molar-refractivity contribution in [2.45, 2.75) is 87.7 Å². The van der Waals surface area contributed by atoms with E-state index in [9.17, 15) is 19.2 Å². The third kappa shape index (κ3) is 10.4. The van der Waals surface area contributed by atoms with E-state index < -0.39 is 91.0 Å². The van der Waals surface area contributed by atoms with E-state index in [1.54, 1.807) is 24.3 Å². The maximum Gasteiger partial charge on any atom is 0.411 e. The molecule has 3 saturated heterocycles. The van der Waals surface area contributed by atoms with Crippen LogP contribution in [0.2, 0.25) is 0 Å². The molecule has 3 fully saturated rings. The van der Waals surface area contributed by atoms with E-state index in [0.29, 0.717) is 0 Å². The fraction of sp³-hybridized carbons (Fsp3) is 0.346. The van der Waals surface area contributed by atoms with Crippen molar-refractivity contribution in [3.63, 3.8) is 0 Å². The number of benzene rings is 5. The first-order valence-corrected chi connectivity index (χ1v) is 23.0. The van der Waals surface area contributed by atoms with Gasteiger partial charge in [0.15, 0.2) is 24.8 Å². The molecule has 5 aromatic rings. The van der Waals surface area contributed by atoms with Gasteiger partial charge >= 0.3 is 12.1 Å². The topological polar surface area (TPSA) is 158 Å². The summed E-state index contributed by atoms with van der Waals surface area (Å²) < 4.78 is 58.4. The Kier molecular flexibility index (Phi) is 15.2. The standard InChI is InChI=1S/C52H51ClN2O13/c1-60-50-43(55-48(57)37-24-14-15-25-38(37)49(55)58)46(63-30-36-22-12-5-13-23-36)44(39(64-50)31-61-28-34-18-8-3-9-19-34)67-51-42-47(68-52(59)54(42)27-33-16-6-2-7-17-33)45(66-41(56)26-53)40(65-51)32-62-29-35-20-10-4-11-21-35/h2-25,39-40,42-47,50-51H,26-32H2,1H3/t39-,40-,42-,43-,44-,45-,46-,47-,50-,51-/m1/s1. The number of carbonyl (C=O) groups is 4. The van der Waals surface area contributed by atoms with Crippen LogP contribution < -0.4 is 0 Å². The predicted molar refractivity (Wildman–Crippen MR) is 244 cm³/mol. The molecule has 3 amide bonds. The summed E-state index contributed by atoms with van der Waals surface area (Å²) >= 11 is 6.01. The van der Waals surface area contributed by atoms with E-state index >= 15 is 0 Å². The van der Waals surface area contributed by atoms with E-state index in [2.05, 4.69) is 0 Å². The van der Waals surface area contributed by atoms with Gasteiger partial charge in [0.1, 0.15) is 42.4 Å². The van der Waals surface area contributed by atoms with Crippen molar-refractivity contribution in [3.8, 4) is 0 Å². The lowest BCUT2D eigenvalue weighted by Crippen LogP contribution is -2.69. The summed E-state index contributed by atoms with van der Waals surface area (Å²) in [4.78, 5) is 58.6. The summed E-state index contributed by atoms with van der Waals surface area (Å²) in [6, 6.07) is 42.1. The van der Waals surface area contributed by atoms with Crippen LogP contribution in [0.5, 0.6) is 0 Å². The lowest BCUT2D eigenvalue weighted by Gasteiger charge is -2.50. The fourth-order valence-corrected chi connectivity index (χ4v) is 9.23. The van der Waals surface area contributed by atoms with Crippen LogP contribution in [0.1, 0.15) is 43.0 Å². The van der Waals surface area contributed by atoms with Crippen molar-refractivity contribution in [2.24, 2.45) is 0 Å². The molecule has 16 heteroatoms. The second-order valence-electron chi connectivity index (χ2n) is 16.7. The van der Waals surface area contributed by atoms with Crippen molar-refractivity contribution in [1.82, 2.24) is 9.80 Å². The minimum atomic E-state index is -1.36. The van der Waals surface area contributed by atoms with Crippen LogP contribution in [0, 0.1) is 0 Å². The summed E-state index contributed by atoms with van der Waals surface area (Å²) in [6.07, 6.45) is -10.1. The minimum absolute atomic E-state index is 0.0186. The summed E-state index contributed by atoms with van der Waals surface area (Å²) in [7, 11) is 1.42. The number of methoxy groups -OCH3 is 1. The van der Waals surface area contributed by atoms with Crippen molar-refractivity contribution >= 4 is 35.5 Å². The molecule has 4 heterocycles. The molecule has 4 aliphatic heterocycles. The number of ether oxygens (including phenoxy) is 9. The first kappa shape index (κ1) is 47.1. The Morgan fingerprint density at radius 1 is 0.588 bits per heavy atom. The average molecular weight is 947 g/mol. The van der Waals surface area contributed by atoms with Gasteiger partial charge in [0.2, 0.25) is 0 Å². The summed E-state index contributed by atoms with van der Waals surface area (Å²) in [5.74, 6) is -2.37. The fourth-order valence-electron chi connectivity index (χ4n) is 9.16. The van der Waals surface area contributed by atoms with Gasteiger partial charge in [0.05, 0.1) is 44.2 Å². The average Bonchev–Trinajstić information content (AvgIpc) is 3.83. The number of imide groups is 1. The number of esters is 1. The van der Waals surface area contributed by atoms with Gasteiger partial charge in [-0.1, -0.05) is 133 Å². The molecule has 5 aromatic carbocycles. The zero-order valence-corrected chi connectivity index (χ0v) is 37.9. The van der Waals surface area contributed by atoms with Crippen LogP contribution in [0.15, 0.2) is 146 Å². The lowest BCUT2D eigenvalue weighted by atomic mass is 9.93. The van der Waals surface area contributed by atoms with Crippen molar-refractivity contribution in [1.29, 1.82) is 0 Å². The quantitative estimate of drug-likeness (QED) is 0.0491. The van der Waals surface area contributed by atoms with Gasteiger partial charge in [-0.3, -0.25) is 24.2 Å². The second kappa shape index (κ2) is 22.0. The van der Waals surface area contributed by atoms with Crippen LogP contribution in [0.4, 0.5) is 4.79 Å². The predicted octanol–water partition coefficient (Wildman–Crippen LogP) is 6.69. The number of fused-ring (bicyclic) bond motifs is 2. The zero-order chi connectivity index (χ0) is 47.0. The van der Waals surface area contributed by atoms with Crippen molar-refractivity contribution < 1.29 is 61.8 Å². The SMILES string of the molecule is CO[C@@H]1O[C@H](COCc2ccccc2)[C@@H](O[C@H]2O[C@H](COCc3ccccc3)[C@@H](OC(=O)CCl)[C@@H]3OC(=O)N(Cc4ccccc4)[C@@H]23)[C@H](OCc2ccccc2)[C@H]1N1C(=O)c2ccccc2C1=O. The van der Waals surface area contributed by atoms with Crippen LogP contribution >= 0.6 is 11.6 Å². The minimum Gasteiger partial charge on any atom is -0.455 e. The van der Waals surface area contributed by atoms with Crippen LogP contribution in [-0.4, -0.2) is 121 Å². The highest BCUT2D eigenvalue weighted by Gasteiger charge is 2.61. The maximum atomic E-state index is 14.4. The van der Waals surface area contributed by atoms with E-state index in [-0.39, 0.29) is 50.7 Å². The molecule has 0 spiro atoms. The van der Waals surface area contributed by atoms with Gasteiger partial charge in [-0.2, -0.15) is 0 Å². The molecule has 0 aliphatic carbocycles. The van der Waals surface area contributed by atoms with Gasteiger partial charge < -0.3 is 42.6 Å². The third-order valence-corrected chi connectivity index (χ3v) is 12.6. The Morgan fingerprint density at radius 3 is 1.60 bits per heavy atom. The van der Waals surface area contributed by atoms with Gasteiger partial charge in [-0.15, -0.1) is 11.6 Å². The van der Waals surface area contributed by atoms with Gasteiger partial charge in [0, 0.05) is 13.7 Å². The summed E-state index contributed by atoms with van der Waals surface area (Å²) in [5.41, 5.74) is 3.78. The van der Waals surface area contributed by atoms with Crippen molar-refractivity contribution in [2.75, 3.05) is 26.2 Å². The molecule has 15 nitrogen and oxygen atoms in total. The molecule has 0 aromatic heterocycles. The van der Waals surface area contributed by atoms with Crippen molar-refractivity contribution in [3.05, 3.63) is 179 Å². The van der Waals surface area contributed by atoms with Crippen LogP contribution in [0.3, 0.4) is 0 Å². The number of hydrogen-bond acceptors (Lipinski definition) is 13. The molecule has 0 bridgehead atoms. The van der Waals surface area contributed by atoms with Crippen LogP contribution in [0.25, 0.3) is 0 Å². The number of halogens is 1. The number of carbonyl (C=O) groups excluding carboxylic acids is 4. The van der Waals surface area contributed by atoms with E-state index in [0.717, 1.165) is 27.2 Å².